The molecule has 0 rings (SSSR count). The average Bonchev–Trinajstić information content (AvgIpc) is 2.02. The lowest BCUT2D eigenvalue weighted by Crippen LogP contribution is -2.45. The Balaban J connectivity index is 4.84. The Morgan fingerprint density at radius 1 is 1.15 bits per heavy atom. The molecule has 0 aliphatic rings. The molecular weight excluding hydrogens is 176 g/mol. The van der Waals surface area contributed by atoms with Crippen LogP contribution in [0.1, 0.15) is 20.8 Å². The normalized spacial score (nSPS) is 12.6. The first kappa shape index (κ1) is 12.7. The Labute approximate surface area is 83.6 Å². The van der Waals surface area contributed by atoms with Crippen LogP contribution in [0.3, 0.4) is 0 Å². The largest absolute Gasteiger partial charge is 0.419 e. The van der Waals surface area contributed by atoms with E-state index in [0.717, 1.165) is 12.1 Å². The quantitative estimate of drug-likeness (QED) is 0.483. The second kappa shape index (κ2) is 4.77. The van der Waals surface area contributed by atoms with Crippen LogP contribution in [0.4, 0.5) is 0 Å². The van der Waals surface area contributed by atoms with E-state index < -0.39 is 8.32 Å². The van der Waals surface area contributed by atoms with E-state index in [0.29, 0.717) is 0 Å². The molecule has 0 saturated heterocycles. The summed E-state index contributed by atoms with van der Waals surface area (Å²) < 4.78 is 5.78. The molecule has 0 bridgehead atoms. The average molecular weight is 198 g/mol. The monoisotopic (exact) mass is 198 g/mol. The predicted octanol–water partition coefficient (Wildman–Crippen LogP) is 3.75. The lowest BCUT2D eigenvalue weighted by molar-refractivity contribution is 0.365. The topological polar surface area (TPSA) is 9.23 Å². The van der Waals surface area contributed by atoms with Crippen molar-refractivity contribution in [3.05, 3.63) is 25.3 Å². The fraction of sp³-hybridized carbons (Fsp3) is 0.636. The molecule has 1 nitrogen and oxygen atoms in total. The van der Waals surface area contributed by atoms with E-state index in [4.69, 9.17) is 4.43 Å². The van der Waals surface area contributed by atoms with Gasteiger partial charge in [0.25, 0.3) is 0 Å². The van der Waals surface area contributed by atoms with Gasteiger partial charge in [-0.15, -0.1) is 13.2 Å². The van der Waals surface area contributed by atoms with Crippen LogP contribution in [-0.2, 0) is 4.43 Å². The van der Waals surface area contributed by atoms with Gasteiger partial charge >= 0.3 is 0 Å². The minimum atomic E-state index is -1.71. The van der Waals surface area contributed by atoms with Crippen LogP contribution in [0.15, 0.2) is 25.3 Å². The van der Waals surface area contributed by atoms with Crippen LogP contribution in [-0.4, -0.2) is 15.4 Å². The van der Waals surface area contributed by atoms with Crippen LogP contribution in [0, 0.1) is 0 Å². The number of rotatable bonds is 5. The van der Waals surface area contributed by atoms with Gasteiger partial charge in [0.05, 0.1) is 0 Å². The van der Waals surface area contributed by atoms with Crippen molar-refractivity contribution in [3.63, 3.8) is 0 Å². The molecule has 0 radical (unpaired) electrons. The van der Waals surface area contributed by atoms with E-state index in [1.807, 2.05) is 19.3 Å². The first-order valence-corrected chi connectivity index (χ1v) is 7.02. The van der Waals surface area contributed by atoms with E-state index in [2.05, 4.69) is 33.9 Å². The van der Waals surface area contributed by atoms with E-state index >= 15 is 0 Å². The van der Waals surface area contributed by atoms with Crippen molar-refractivity contribution in [1.29, 1.82) is 0 Å². The summed E-state index contributed by atoms with van der Waals surface area (Å²) in [6, 6.07) is 2.00. The third kappa shape index (κ3) is 2.81. The van der Waals surface area contributed by atoms with Gasteiger partial charge in [-0.25, -0.2) is 0 Å². The van der Waals surface area contributed by atoms with Gasteiger partial charge in [-0.05, 0) is 17.1 Å². The maximum absolute atomic E-state index is 5.78. The Bertz CT molecular complexity index is 169. The molecule has 0 aromatic carbocycles. The Hall–Kier alpha value is -0.343. The summed E-state index contributed by atoms with van der Waals surface area (Å²) in [5.74, 6) is 0. The number of hydrogen-bond acceptors (Lipinski definition) is 1. The molecule has 0 atom stereocenters. The highest BCUT2D eigenvalue weighted by Crippen LogP contribution is 2.42. The van der Waals surface area contributed by atoms with E-state index in [1.165, 1.54) is 0 Å². The third-order valence-corrected chi connectivity index (χ3v) is 8.12. The second-order valence-electron chi connectivity index (χ2n) is 4.43. The van der Waals surface area contributed by atoms with Crippen LogP contribution >= 0.6 is 0 Å². The predicted molar refractivity (Wildman–Crippen MR) is 62.5 cm³/mol. The highest BCUT2D eigenvalue weighted by atomic mass is 28.4. The van der Waals surface area contributed by atoms with Crippen molar-refractivity contribution < 1.29 is 4.43 Å². The van der Waals surface area contributed by atoms with Gasteiger partial charge in [-0.1, -0.05) is 32.9 Å². The summed E-state index contributed by atoms with van der Waals surface area (Å²) in [5, 5.41) is 0.240. The Morgan fingerprint density at radius 3 is 1.69 bits per heavy atom. The van der Waals surface area contributed by atoms with Crippen LogP contribution in [0.5, 0.6) is 0 Å². The maximum atomic E-state index is 5.78. The minimum absolute atomic E-state index is 0.240. The van der Waals surface area contributed by atoms with Gasteiger partial charge in [-0.3, -0.25) is 0 Å². The first-order chi connectivity index (χ1) is 5.93. The summed E-state index contributed by atoms with van der Waals surface area (Å²) in [4.78, 5) is 0. The van der Waals surface area contributed by atoms with E-state index in [-0.39, 0.29) is 5.04 Å². The summed E-state index contributed by atoms with van der Waals surface area (Å²) in [6.07, 6.45) is 3.95. The van der Waals surface area contributed by atoms with Crippen molar-refractivity contribution >= 4 is 8.32 Å². The smallest absolute Gasteiger partial charge is 0.204 e. The zero-order valence-electron chi connectivity index (χ0n) is 9.39. The molecule has 0 aliphatic carbocycles. The molecule has 0 spiro atoms. The van der Waals surface area contributed by atoms with Gasteiger partial charge in [0, 0.05) is 7.11 Å². The van der Waals surface area contributed by atoms with Gasteiger partial charge < -0.3 is 4.43 Å². The molecule has 0 aromatic heterocycles. The van der Waals surface area contributed by atoms with Crippen molar-refractivity contribution in [2.75, 3.05) is 7.11 Å². The lowest BCUT2D eigenvalue weighted by Gasteiger charge is -2.40. The van der Waals surface area contributed by atoms with Crippen LogP contribution in [0.25, 0.3) is 0 Å². The second-order valence-corrected chi connectivity index (χ2v) is 9.15. The molecule has 13 heavy (non-hydrogen) atoms. The number of allylic oxidation sites excluding steroid dienone is 2. The molecule has 0 unspecified atom stereocenters. The molecule has 0 heterocycles. The molecular formula is C11H22OSi. The minimum Gasteiger partial charge on any atom is -0.419 e. The van der Waals surface area contributed by atoms with Gasteiger partial charge in [0.1, 0.15) is 0 Å². The van der Waals surface area contributed by atoms with E-state index in [1.54, 1.807) is 0 Å². The molecule has 0 saturated carbocycles. The zero-order chi connectivity index (χ0) is 10.5. The fourth-order valence-electron chi connectivity index (χ4n) is 1.63. The SMILES string of the molecule is C=CC[Si](CC=C)(OC)C(C)(C)C. The summed E-state index contributed by atoms with van der Waals surface area (Å²) >= 11 is 0. The van der Waals surface area contributed by atoms with Gasteiger partial charge in [0.15, 0.2) is 0 Å². The highest BCUT2D eigenvalue weighted by Gasteiger charge is 2.43. The van der Waals surface area contributed by atoms with Crippen molar-refractivity contribution in [2.24, 2.45) is 0 Å². The molecule has 0 fully saturated rings. The summed E-state index contributed by atoms with van der Waals surface area (Å²) in [6.45, 7) is 14.4. The van der Waals surface area contributed by atoms with Crippen molar-refractivity contribution in [3.8, 4) is 0 Å². The van der Waals surface area contributed by atoms with Gasteiger partial charge in [0.2, 0.25) is 8.32 Å². The lowest BCUT2D eigenvalue weighted by atomic mass is 10.2. The van der Waals surface area contributed by atoms with Gasteiger partial charge in [-0.2, -0.15) is 0 Å². The standard InChI is InChI=1S/C11H22OSi/c1-7-9-13(12-6,10-8-2)11(3,4)5/h7-8H,1-2,9-10H2,3-6H3. The summed E-state index contributed by atoms with van der Waals surface area (Å²) in [5.41, 5.74) is 0. The first-order valence-electron chi connectivity index (χ1n) is 4.70. The Morgan fingerprint density at radius 2 is 1.54 bits per heavy atom. The molecule has 0 amide bonds. The third-order valence-electron chi connectivity index (χ3n) is 2.71. The van der Waals surface area contributed by atoms with Crippen LogP contribution in [0.2, 0.25) is 17.1 Å². The zero-order valence-corrected chi connectivity index (χ0v) is 10.4. The van der Waals surface area contributed by atoms with Crippen LogP contribution < -0.4 is 0 Å². The summed E-state index contributed by atoms with van der Waals surface area (Å²) in [7, 11) is 0.117. The van der Waals surface area contributed by atoms with Crippen molar-refractivity contribution in [2.45, 2.75) is 37.9 Å². The molecule has 2 heteroatoms. The highest BCUT2D eigenvalue weighted by molar-refractivity contribution is 6.77. The Kier molecular flexibility index (Phi) is 4.65. The molecule has 0 aliphatic heterocycles. The van der Waals surface area contributed by atoms with Crippen molar-refractivity contribution in [1.82, 2.24) is 0 Å². The maximum Gasteiger partial charge on any atom is 0.204 e. The molecule has 0 aromatic rings. The number of hydrogen-bond donors (Lipinski definition) is 0. The van der Waals surface area contributed by atoms with E-state index in [9.17, 15) is 0 Å². The molecule has 0 N–H and O–H groups in total. The fourth-order valence-corrected chi connectivity index (χ4v) is 4.90. The molecule has 76 valence electrons.